The van der Waals surface area contributed by atoms with Crippen molar-refractivity contribution in [1.29, 1.82) is 0 Å². The standard InChI is InChI=1S/C25H28N2O3/c1-7-11-17(9-3)19-13-20-23(14-22(19)29-6)30-15-21-24(16(5)28)26-27(25(20)21)18(10-4)12-8-2/h7-14H,15H2,1-6H3/b11-7-,12-8-,17-9+,18-10+. The van der Waals surface area contributed by atoms with Gasteiger partial charge in [-0.2, -0.15) is 5.10 Å². The van der Waals surface area contributed by atoms with Crippen LogP contribution in [0.4, 0.5) is 0 Å². The molecule has 0 aliphatic carbocycles. The van der Waals surface area contributed by atoms with Crippen LogP contribution in [-0.2, 0) is 6.61 Å². The molecule has 0 spiro atoms. The second-order valence-corrected chi connectivity index (χ2v) is 6.94. The number of rotatable bonds is 6. The molecule has 0 unspecified atom stereocenters. The Kier molecular flexibility index (Phi) is 6.40. The highest BCUT2D eigenvalue weighted by molar-refractivity contribution is 5.97. The predicted octanol–water partition coefficient (Wildman–Crippen LogP) is 6.07. The fraction of sp³-hybridized carbons (Fsp3) is 0.280. The maximum absolute atomic E-state index is 12.3. The molecule has 0 saturated heterocycles. The number of fused-ring (bicyclic) bond motifs is 3. The zero-order valence-electron chi connectivity index (χ0n) is 18.4. The fourth-order valence-electron chi connectivity index (χ4n) is 3.72. The lowest BCUT2D eigenvalue weighted by Crippen LogP contribution is -2.10. The number of methoxy groups -OCH3 is 1. The molecular weight excluding hydrogens is 376 g/mol. The predicted molar refractivity (Wildman–Crippen MR) is 122 cm³/mol. The summed E-state index contributed by atoms with van der Waals surface area (Å²) in [5.74, 6) is 1.37. The maximum atomic E-state index is 12.3. The first-order chi connectivity index (χ1) is 14.5. The first kappa shape index (κ1) is 21.4. The van der Waals surface area contributed by atoms with Gasteiger partial charge < -0.3 is 9.47 Å². The van der Waals surface area contributed by atoms with Crippen molar-refractivity contribution in [2.45, 2.75) is 41.2 Å². The number of ketones is 1. The molecule has 0 amide bonds. The third kappa shape index (κ3) is 3.63. The minimum Gasteiger partial charge on any atom is -0.496 e. The number of carbonyl (C=O) groups is 1. The summed E-state index contributed by atoms with van der Waals surface area (Å²) in [7, 11) is 1.66. The van der Waals surface area contributed by atoms with Crippen LogP contribution in [0.3, 0.4) is 0 Å². The molecule has 5 heteroatoms. The molecule has 156 valence electrons. The summed E-state index contributed by atoms with van der Waals surface area (Å²) in [6.45, 7) is 9.73. The highest BCUT2D eigenvalue weighted by Crippen LogP contribution is 2.45. The molecule has 2 aromatic rings. The summed E-state index contributed by atoms with van der Waals surface area (Å²) in [6.07, 6.45) is 12.0. The Bertz CT molecular complexity index is 1100. The molecule has 0 radical (unpaired) electrons. The molecule has 30 heavy (non-hydrogen) atoms. The fourth-order valence-corrected chi connectivity index (χ4v) is 3.72. The Balaban J connectivity index is 2.37. The lowest BCUT2D eigenvalue weighted by molar-refractivity contribution is 0.101. The van der Waals surface area contributed by atoms with Crippen LogP contribution in [0, 0.1) is 0 Å². The summed E-state index contributed by atoms with van der Waals surface area (Å²) in [5, 5.41) is 4.66. The van der Waals surface area contributed by atoms with Gasteiger partial charge in [-0.3, -0.25) is 4.79 Å². The van der Waals surface area contributed by atoms with Crippen LogP contribution in [0.15, 0.2) is 48.6 Å². The molecule has 0 atom stereocenters. The molecule has 1 aliphatic rings. The van der Waals surface area contributed by atoms with E-state index in [1.807, 2.05) is 74.9 Å². The first-order valence-electron chi connectivity index (χ1n) is 10.1. The first-order valence-corrected chi connectivity index (χ1v) is 10.1. The van der Waals surface area contributed by atoms with Gasteiger partial charge in [0.25, 0.3) is 0 Å². The quantitative estimate of drug-likeness (QED) is 0.433. The largest absolute Gasteiger partial charge is 0.496 e. The van der Waals surface area contributed by atoms with Gasteiger partial charge in [0.15, 0.2) is 5.78 Å². The van der Waals surface area contributed by atoms with Gasteiger partial charge in [-0.05, 0) is 45.4 Å². The van der Waals surface area contributed by atoms with Crippen molar-refractivity contribution in [3.63, 3.8) is 0 Å². The Morgan fingerprint density at radius 2 is 1.87 bits per heavy atom. The Labute approximate surface area is 178 Å². The Hall–Kier alpha value is -3.34. The maximum Gasteiger partial charge on any atom is 0.180 e. The number of Topliss-reactive ketones (excluding diaryl/α,β-unsaturated/α-hetero) is 1. The number of benzene rings is 1. The monoisotopic (exact) mass is 404 g/mol. The van der Waals surface area contributed by atoms with E-state index in [9.17, 15) is 4.79 Å². The van der Waals surface area contributed by atoms with Crippen molar-refractivity contribution >= 4 is 17.1 Å². The van der Waals surface area contributed by atoms with E-state index in [1.165, 1.54) is 6.92 Å². The molecule has 1 aromatic carbocycles. The summed E-state index contributed by atoms with van der Waals surface area (Å²) in [4.78, 5) is 12.3. The summed E-state index contributed by atoms with van der Waals surface area (Å²) in [5.41, 5.74) is 5.92. The average Bonchev–Trinajstić information content (AvgIpc) is 3.15. The van der Waals surface area contributed by atoms with E-state index in [-0.39, 0.29) is 12.4 Å². The van der Waals surface area contributed by atoms with Gasteiger partial charge in [0.2, 0.25) is 0 Å². The highest BCUT2D eigenvalue weighted by atomic mass is 16.5. The van der Waals surface area contributed by atoms with Gasteiger partial charge in [-0.1, -0.05) is 30.4 Å². The number of nitrogens with zero attached hydrogens (tertiary/aromatic N) is 2. The van der Waals surface area contributed by atoms with Gasteiger partial charge in [0.1, 0.15) is 23.8 Å². The summed E-state index contributed by atoms with van der Waals surface area (Å²) >= 11 is 0. The Morgan fingerprint density at radius 3 is 2.43 bits per heavy atom. The third-order valence-corrected chi connectivity index (χ3v) is 5.09. The van der Waals surface area contributed by atoms with E-state index in [2.05, 4.69) is 11.2 Å². The number of hydrogen-bond donors (Lipinski definition) is 0. The molecule has 1 aromatic heterocycles. The second-order valence-electron chi connectivity index (χ2n) is 6.94. The normalized spacial score (nSPS) is 14.1. The van der Waals surface area contributed by atoms with Crippen LogP contribution in [-0.4, -0.2) is 22.7 Å². The molecule has 1 aliphatic heterocycles. The van der Waals surface area contributed by atoms with Crippen molar-refractivity contribution in [3.05, 3.63) is 65.4 Å². The third-order valence-electron chi connectivity index (χ3n) is 5.09. The summed E-state index contributed by atoms with van der Waals surface area (Å²) in [6, 6.07) is 3.98. The SMILES string of the molecule is C/C=C\C(=C/C)c1cc2c(cc1OC)OCc1c(C(C)=O)nn(C(/C=C\C)=C/C)c1-2. The van der Waals surface area contributed by atoms with Crippen molar-refractivity contribution in [2.24, 2.45) is 0 Å². The van der Waals surface area contributed by atoms with Crippen LogP contribution in [0.1, 0.15) is 56.2 Å². The highest BCUT2D eigenvalue weighted by Gasteiger charge is 2.30. The minimum atomic E-state index is -0.0789. The molecule has 0 N–H and O–H groups in total. The number of carbonyl (C=O) groups excluding carboxylic acids is 1. The zero-order valence-corrected chi connectivity index (χ0v) is 18.4. The van der Waals surface area contributed by atoms with E-state index in [1.54, 1.807) is 7.11 Å². The molecular formula is C25H28N2O3. The van der Waals surface area contributed by atoms with E-state index < -0.39 is 0 Å². The number of ether oxygens (including phenoxy) is 2. The van der Waals surface area contributed by atoms with Gasteiger partial charge in [-0.25, -0.2) is 4.68 Å². The number of aromatic nitrogens is 2. The van der Waals surface area contributed by atoms with E-state index in [0.29, 0.717) is 11.4 Å². The molecule has 0 bridgehead atoms. The smallest absolute Gasteiger partial charge is 0.180 e. The van der Waals surface area contributed by atoms with Gasteiger partial charge in [-0.15, -0.1) is 0 Å². The Morgan fingerprint density at radius 1 is 1.13 bits per heavy atom. The zero-order chi connectivity index (χ0) is 21.8. The van der Waals surface area contributed by atoms with Crippen molar-refractivity contribution in [2.75, 3.05) is 7.11 Å². The topological polar surface area (TPSA) is 53.4 Å². The summed E-state index contributed by atoms with van der Waals surface area (Å²) < 4.78 is 13.5. The van der Waals surface area contributed by atoms with E-state index in [0.717, 1.165) is 39.4 Å². The molecule has 2 heterocycles. The molecule has 0 fully saturated rings. The van der Waals surface area contributed by atoms with Crippen molar-refractivity contribution < 1.29 is 14.3 Å². The number of allylic oxidation sites excluding steroid dienone is 8. The van der Waals surface area contributed by atoms with Crippen molar-refractivity contribution in [1.82, 2.24) is 9.78 Å². The molecule has 0 saturated carbocycles. The van der Waals surface area contributed by atoms with Crippen LogP contribution in [0.25, 0.3) is 22.5 Å². The van der Waals surface area contributed by atoms with E-state index >= 15 is 0 Å². The van der Waals surface area contributed by atoms with Crippen LogP contribution in [0.2, 0.25) is 0 Å². The van der Waals surface area contributed by atoms with Gasteiger partial charge in [0.05, 0.1) is 18.5 Å². The minimum absolute atomic E-state index is 0.0789. The van der Waals surface area contributed by atoms with Crippen LogP contribution >= 0.6 is 0 Å². The second kappa shape index (κ2) is 8.99. The lowest BCUT2D eigenvalue weighted by Gasteiger charge is -2.22. The van der Waals surface area contributed by atoms with Crippen LogP contribution < -0.4 is 9.47 Å². The van der Waals surface area contributed by atoms with Gasteiger partial charge in [0, 0.05) is 29.7 Å². The number of hydrogen-bond acceptors (Lipinski definition) is 4. The van der Waals surface area contributed by atoms with E-state index in [4.69, 9.17) is 9.47 Å². The molecule has 3 rings (SSSR count). The molecule has 5 nitrogen and oxygen atoms in total. The lowest BCUT2D eigenvalue weighted by atomic mass is 9.95. The van der Waals surface area contributed by atoms with Gasteiger partial charge >= 0.3 is 0 Å². The average molecular weight is 405 g/mol. The van der Waals surface area contributed by atoms with Crippen LogP contribution in [0.5, 0.6) is 11.5 Å². The van der Waals surface area contributed by atoms with Crippen molar-refractivity contribution in [3.8, 4) is 22.8 Å².